The van der Waals surface area contributed by atoms with Crippen molar-refractivity contribution in [1.29, 1.82) is 0 Å². The van der Waals surface area contributed by atoms with E-state index < -0.39 is 0 Å². The minimum Gasteiger partial charge on any atom is -0.378 e. The summed E-state index contributed by atoms with van der Waals surface area (Å²) in [4.78, 5) is 11.7. The normalized spacial score (nSPS) is 23.8. The molecule has 94 valence electrons. The maximum Gasteiger partial charge on any atom is 0.222 e. The van der Waals surface area contributed by atoms with E-state index in [1.165, 1.54) is 0 Å². The zero-order valence-corrected chi connectivity index (χ0v) is 9.93. The largest absolute Gasteiger partial charge is 0.378 e. The van der Waals surface area contributed by atoms with E-state index in [1.54, 1.807) is 18.0 Å². The maximum atomic E-state index is 11.7. The Bertz CT molecular complexity index is 352. The molecule has 0 aromatic carbocycles. The first-order valence-corrected chi connectivity index (χ1v) is 5.80. The van der Waals surface area contributed by atoms with Crippen LogP contribution in [0.15, 0.2) is 18.5 Å². The minimum atomic E-state index is 0.0382. The van der Waals surface area contributed by atoms with Crippen molar-refractivity contribution in [3.8, 4) is 0 Å². The molecule has 0 bridgehead atoms. The van der Waals surface area contributed by atoms with Crippen LogP contribution in [-0.2, 0) is 16.1 Å². The molecule has 0 radical (unpaired) electrons. The van der Waals surface area contributed by atoms with E-state index in [4.69, 9.17) is 4.74 Å². The first-order valence-electron chi connectivity index (χ1n) is 5.80. The van der Waals surface area contributed by atoms with Crippen LogP contribution in [0.5, 0.6) is 0 Å². The summed E-state index contributed by atoms with van der Waals surface area (Å²) in [7, 11) is 1.67. The van der Waals surface area contributed by atoms with Crippen LogP contribution < -0.4 is 10.6 Å². The SMILES string of the molecule is CO[C@H]1CNCC1NC(=O)CCn1cccn1. The van der Waals surface area contributed by atoms with E-state index in [1.807, 2.05) is 12.3 Å². The van der Waals surface area contributed by atoms with Crippen LogP contribution in [0.2, 0.25) is 0 Å². The lowest BCUT2D eigenvalue weighted by Crippen LogP contribution is -2.43. The van der Waals surface area contributed by atoms with Gasteiger partial charge in [0.05, 0.1) is 12.1 Å². The Kier molecular flexibility index (Phi) is 4.11. The van der Waals surface area contributed by atoms with Gasteiger partial charge in [0.2, 0.25) is 5.91 Å². The molecule has 2 atom stereocenters. The molecule has 17 heavy (non-hydrogen) atoms. The molecule has 2 rings (SSSR count). The molecular formula is C11H18N4O2. The predicted molar refractivity (Wildman–Crippen MR) is 62.4 cm³/mol. The van der Waals surface area contributed by atoms with Gasteiger partial charge < -0.3 is 15.4 Å². The van der Waals surface area contributed by atoms with Crippen LogP contribution in [0.25, 0.3) is 0 Å². The highest BCUT2D eigenvalue weighted by Crippen LogP contribution is 2.04. The van der Waals surface area contributed by atoms with Crippen LogP contribution in [0.4, 0.5) is 0 Å². The van der Waals surface area contributed by atoms with Crippen LogP contribution >= 0.6 is 0 Å². The zero-order chi connectivity index (χ0) is 12.1. The zero-order valence-electron chi connectivity index (χ0n) is 9.93. The number of aryl methyl sites for hydroxylation is 1. The van der Waals surface area contributed by atoms with Crippen LogP contribution in [0.1, 0.15) is 6.42 Å². The summed E-state index contributed by atoms with van der Waals surface area (Å²) in [6.45, 7) is 2.17. The monoisotopic (exact) mass is 238 g/mol. The highest BCUT2D eigenvalue weighted by atomic mass is 16.5. The van der Waals surface area contributed by atoms with Crippen molar-refractivity contribution in [2.75, 3.05) is 20.2 Å². The molecule has 2 heterocycles. The van der Waals surface area contributed by atoms with Gasteiger partial charge in [-0.1, -0.05) is 0 Å². The van der Waals surface area contributed by atoms with Crippen molar-refractivity contribution in [1.82, 2.24) is 20.4 Å². The third-order valence-electron chi connectivity index (χ3n) is 2.93. The lowest BCUT2D eigenvalue weighted by Gasteiger charge is -2.18. The van der Waals surface area contributed by atoms with E-state index in [9.17, 15) is 4.79 Å². The molecule has 0 spiro atoms. The van der Waals surface area contributed by atoms with Gasteiger partial charge in [0.25, 0.3) is 0 Å². The molecular weight excluding hydrogens is 220 g/mol. The molecule has 1 fully saturated rings. The second-order valence-electron chi connectivity index (χ2n) is 4.13. The number of rotatable bonds is 5. The third kappa shape index (κ3) is 3.28. The Labute approximate surface area is 100 Å². The van der Waals surface area contributed by atoms with Gasteiger partial charge in [0.1, 0.15) is 0 Å². The number of carbonyl (C=O) groups is 1. The fraction of sp³-hybridized carbons (Fsp3) is 0.636. The van der Waals surface area contributed by atoms with Crippen molar-refractivity contribution in [2.24, 2.45) is 0 Å². The molecule has 1 aromatic rings. The van der Waals surface area contributed by atoms with Gasteiger partial charge in [0, 0.05) is 45.6 Å². The quantitative estimate of drug-likeness (QED) is 0.717. The van der Waals surface area contributed by atoms with E-state index in [-0.39, 0.29) is 18.1 Å². The van der Waals surface area contributed by atoms with Crippen LogP contribution in [0, 0.1) is 0 Å². The number of ether oxygens (including phenoxy) is 1. The molecule has 2 N–H and O–H groups in total. The highest BCUT2D eigenvalue weighted by Gasteiger charge is 2.27. The average Bonchev–Trinajstić information content (AvgIpc) is 2.97. The molecule has 1 unspecified atom stereocenters. The van der Waals surface area contributed by atoms with Gasteiger partial charge in [0.15, 0.2) is 0 Å². The molecule has 0 saturated carbocycles. The summed E-state index contributed by atoms with van der Waals surface area (Å²) < 4.78 is 7.03. The van der Waals surface area contributed by atoms with Gasteiger partial charge in [-0.05, 0) is 6.07 Å². The molecule has 1 aliphatic heterocycles. The smallest absolute Gasteiger partial charge is 0.222 e. The summed E-state index contributed by atoms with van der Waals surface area (Å²) in [5, 5.41) is 10.2. The standard InChI is InChI=1S/C11H18N4O2/c1-17-10-8-12-7-9(10)14-11(16)3-6-15-5-2-4-13-15/h2,4-5,9-10,12H,3,6-8H2,1H3,(H,14,16)/t9?,10-/m0/s1. The summed E-state index contributed by atoms with van der Waals surface area (Å²) in [5.41, 5.74) is 0. The molecule has 1 aliphatic rings. The van der Waals surface area contributed by atoms with Crippen molar-refractivity contribution >= 4 is 5.91 Å². The maximum absolute atomic E-state index is 11.7. The molecule has 6 nitrogen and oxygen atoms in total. The number of aromatic nitrogens is 2. The number of carbonyl (C=O) groups excluding carboxylic acids is 1. The van der Waals surface area contributed by atoms with Gasteiger partial charge in [-0.25, -0.2) is 0 Å². The number of nitrogens with one attached hydrogen (secondary N) is 2. The van der Waals surface area contributed by atoms with Gasteiger partial charge in [-0.15, -0.1) is 0 Å². The van der Waals surface area contributed by atoms with Gasteiger partial charge in [-0.3, -0.25) is 9.48 Å². The lowest BCUT2D eigenvalue weighted by molar-refractivity contribution is -0.122. The predicted octanol–water partition coefficient (Wildman–Crippen LogP) is -0.624. The second kappa shape index (κ2) is 5.79. The fourth-order valence-electron chi connectivity index (χ4n) is 1.97. The number of hydrogen-bond donors (Lipinski definition) is 2. The topological polar surface area (TPSA) is 68.2 Å². The number of hydrogen-bond acceptors (Lipinski definition) is 4. The van der Waals surface area contributed by atoms with Crippen molar-refractivity contribution in [2.45, 2.75) is 25.1 Å². The first-order chi connectivity index (χ1) is 8.29. The van der Waals surface area contributed by atoms with Gasteiger partial charge >= 0.3 is 0 Å². The average molecular weight is 238 g/mol. The van der Waals surface area contributed by atoms with E-state index >= 15 is 0 Å². The van der Waals surface area contributed by atoms with Crippen LogP contribution in [0.3, 0.4) is 0 Å². The molecule has 1 aromatic heterocycles. The molecule has 0 aliphatic carbocycles. The summed E-state index contributed by atoms with van der Waals surface area (Å²) in [6.07, 6.45) is 4.07. The van der Waals surface area contributed by atoms with Crippen LogP contribution in [-0.4, -0.2) is 48.0 Å². The Morgan fingerprint density at radius 2 is 2.53 bits per heavy atom. The van der Waals surface area contributed by atoms with E-state index in [2.05, 4.69) is 15.7 Å². The number of nitrogens with zero attached hydrogens (tertiary/aromatic N) is 2. The number of methoxy groups -OCH3 is 1. The van der Waals surface area contributed by atoms with Crippen molar-refractivity contribution in [3.63, 3.8) is 0 Å². The number of amides is 1. The van der Waals surface area contributed by atoms with Gasteiger partial charge in [-0.2, -0.15) is 5.10 Å². The van der Waals surface area contributed by atoms with Crippen molar-refractivity contribution < 1.29 is 9.53 Å². The fourth-order valence-corrected chi connectivity index (χ4v) is 1.97. The summed E-state index contributed by atoms with van der Waals surface area (Å²) >= 11 is 0. The Morgan fingerprint density at radius 3 is 3.24 bits per heavy atom. The summed E-state index contributed by atoms with van der Waals surface area (Å²) in [6, 6.07) is 1.92. The Hall–Kier alpha value is -1.40. The molecule has 1 saturated heterocycles. The highest BCUT2D eigenvalue weighted by molar-refractivity contribution is 5.76. The Balaban J connectivity index is 1.73. The minimum absolute atomic E-state index is 0.0382. The Morgan fingerprint density at radius 1 is 1.65 bits per heavy atom. The molecule has 6 heteroatoms. The molecule has 1 amide bonds. The van der Waals surface area contributed by atoms with Crippen molar-refractivity contribution in [3.05, 3.63) is 18.5 Å². The first kappa shape index (κ1) is 12.1. The van der Waals surface area contributed by atoms with E-state index in [0.29, 0.717) is 13.0 Å². The summed E-state index contributed by atoms with van der Waals surface area (Å²) in [5.74, 6) is 0.0382. The third-order valence-corrected chi connectivity index (χ3v) is 2.93. The van der Waals surface area contributed by atoms with E-state index in [0.717, 1.165) is 13.1 Å². The lowest BCUT2D eigenvalue weighted by atomic mass is 10.2. The second-order valence-corrected chi connectivity index (χ2v) is 4.13.